The van der Waals surface area contributed by atoms with Gasteiger partial charge >= 0.3 is 0 Å². The van der Waals surface area contributed by atoms with Gasteiger partial charge in [-0.15, -0.1) is 0 Å². The van der Waals surface area contributed by atoms with Crippen molar-refractivity contribution in [2.45, 2.75) is 46.1 Å². The molecule has 0 heterocycles. The molecule has 1 aromatic rings. The van der Waals surface area contributed by atoms with E-state index in [1.54, 1.807) is 0 Å². The molecule has 1 aromatic carbocycles. The highest BCUT2D eigenvalue weighted by Crippen LogP contribution is 2.08. The molecule has 0 bridgehead atoms. The first-order valence-corrected chi connectivity index (χ1v) is 7.04. The molecule has 1 amide bonds. The summed E-state index contributed by atoms with van der Waals surface area (Å²) in [5.41, 5.74) is 2.49. The van der Waals surface area contributed by atoms with Crippen LogP contribution in [0, 0.1) is 5.92 Å². The van der Waals surface area contributed by atoms with Gasteiger partial charge in [-0.1, -0.05) is 45.0 Å². The van der Waals surface area contributed by atoms with Crippen molar-refractivity contribution in [2.24, 2.45) is 5.92 Å². The largest absolute Gasteiger partial charge is 0.394 e. The van der Waals surface area contributed by atoms with Gasteiger partial charge in [-0.05, 0) is 29.9 Å². The van der Waals surface area contributed by atoms with E-state index in [2.05, 4.69) is 36.5 Å². The molecule has 0 aliphatic heterocycles. The molecule has 0 fully saturated rings. The summed E-state index contributed by atoms with van der Waals surface area (Å²) in [6.45, 7) is 6.10. The second-order valence-electron chi connectivity index (χ2n) is 5.27. The molecule has 1 rings (SSSR count). The maximum atomic E-state index is 11.8. The molecule has 1 atom stereocenters. The van der Waals surface area contributed by atoms with Crippen LogP contribution in [0.15, 0.2) is 24.3 Å². The fourth-order valence-corrected chi connectivity index (χ4v) is 1.90. The van der Waals surface area contributed by atoms with Crippen molar-refractivity contribution < 1.29 is 9.90 Å². The Labute approximate surface area is 116 Å². The van der Waals surface area contributed by atoms with Crippen molar-refractivity contribution in [2.75, 3.05) is 6.61 Å². The first-order valence-electron chi connectivity index (χ1n) is 7.04. The second-order valence-corrected chi connectivity index (χ2v) is 5.27. The van der Waals surface area contributed by atoms with E-state index in [9.17, 15) is 9.90 Å². The zero-order chi connectivity index (χ0) is 14.3. The Morgan fingerprint density at radius 3 is 2.26 bits per heavy atom. The third-order valence-corrected chi connectivity index (χ3v) is 3.42. The topological polar surface area (TPSA) is 49.3 Å². The number of rotatable bonds is 7. The molecule has 106 valence electrons. The average molecular weight is 263 g/mol. The monoisotopic (exact) mass is 263 g/mol. The summed E-state index contributed by atoms with van der Waals surface area (Å²) in [5, 5.41) is 12.0. The van der Waals surface area contributed by atoms with Gasteiger partial charge in [-0.3, -0.25) is 4.79 Å². The number of aryl methyl sites for hydroxylation is 2. The average Bonchev–Trinajstić information content (AvgIpc) is 2.42. The van der Waals surface area contributed by atoms with Gasteiger partial charge in [0, 0.05) is 6.42 Å². The molecule has 2 N–H and O–H groups in total. The molecule has 0 saturated carbocycles. The first-order chi connectivity index (χ1) is 9.06. The molecule has 19 heavy (non-hydrogen) atoms. The van der Waals surface area contributed by atoms with E-state index in [1.807, 2.05) is 13.8 Å². The summed E-state index contributed by atoms with van der Waals surface area (Å²) < 4.78 is 0. The van der Waals surface area contributed by atoms with Crippen LogP contribution in [-0.4, -0.2) is 23.7 Å². The van der Waals surface area contributed by atoms with E-state index in [0.717, 1.165) is 12.8 Å². The van der Waals surface area contributed by atoms with Gasteiger partial charge < -0.3 is 10.4 Å². The Hall–Kier alpha value is -1.35. The van der Waals surface area contributed by atoms with Crippen LogP contribution in [0.5, 0.6) is 0 Å². The van der Waals surface area contributed by atoms with Crippen molar-refractivity contribution in [1.82, 2.24) is 5.32 Å². The highest BCUT2D eigenvalue weighted by molar-refractivity contribution is 5.76. The quantitative estimate of drug-likeness (QED) is 0.793. The Balaban J connectivity index is 2.40. The number of benzene rings is 1. The molecule has 0 aromatic heterocycles. The minimum atomic E-state index is -0.144. The summed E-state index contributed by atoms with van der Waals surface area (Å²) in [5.74, 6) is 0.255. The van der Waals surface area contributed by atoms with E-state index in [4.69, 9.17) is 0 Å². The minimum absolute atomic E-state index is 0.00535. The number of nitrogens with one attached hydrogen (secondary N) is 1. The molecular formula is C16H25NO2. The second kappa shape index (κ2) is 7.95. The van der Waals surface area contributed by atoms with Crippen LogP contribution in [0.1, 0.15) is 38.3 Å². The Morgan fingerprint density at radius 1 is 1.21 bits per heavy atom. The lowest BCUT2D eigenvalue weighted by Crippen LogP contribution is -2.41. The van der Waals surface area contributed by atoms with Crippen molar-refractivity contribution >= 4 is 5.91 Å². The molecule has 0 aliphatic rings. The minimum Gasteiger partial charge on any atom is -0.394 e. The fraction of sp³-hybridized carbons (Fsp3) is 0.562. The van der Waals surface area contributed by atoms with E-state index in [0.29, 0.717) is 6.42 Å². The van der Waals surface area contributed by atoms with E-state index in [-0.39, 0.29) is 24.5 Å². The maximum absolute atomic E-state index is 11.8. The Morgan fingerprint density at radius 2 is 1.79 bits per heavy atom. The van der Waals surface area contributed by atoms with Crippen molar-refractivity contribution in [3.05, 3.63) is 35.4 Å². The van der Waals surface area contributed by atoms with Crippen molar-refractivity contribution in [1.29, 1.82) is 0 Å². The van der Waals surface area contributed by atoms with Crippen LogP contribution in [0.2, 0.25) is 0 Å². The van der Waals surface area contributed by atoms with Gasteiger partial charge in [-0.25, -0.2) is 0 Å². The number of aliphatic hydroxyl groups excluding tert-OH is 1. The van der Waals surface area contributed by atoms with E-state index < -0.39 is 0 Å². The fourth-order valence-electron chi connectivity index (χ4n) is 1.90. The third-order valence-electron chi connectivity index (χ3n) is 3.42. The van der Waals surface area contributed by atoms with Gasteiger partial charge in [0.2, 0.25) is 5.91 Å². The number of hydrogen-bond donors (Lipinski definition) is 2. The van der Waals surface area contributed by atoms with E-state index in [1.165, 1.54) is 11.1 Å². The molecule has 3 nitrogen and oxygen atoms in total. The van der Waals surface area contributed by atoms with Crippen molar-refractivity contribution in [3.8, 4) is 0 Å². The zero-order valence-corrected chi connectivity index (χ0v) is 12.1. The molecule has 3 heteroatoms. The summed E-state index contributed by atoms with van der Waals surface area (Å²) in [6.07, 6.45) is 2.24. The smallest absolute Gasteiger partial charge is 0.220 e. The molecule has 0 spiro atoms. The summed E-state index contributed by atoms with van der Waals surface area (Å²) in [7, 11) is 0. The zero-order valence-electron chi connectivity index (χ0n) is 12.1. The lowest BCUT2D eigenvalue weighted by Gasteiger charge is -2.19. The highest BCUT2D eigenvalue weighted by Gasteiger charge is 2.14. The lowest BCUT2D eigenvalue weighted by atomic mass is 10.0. The highest BCUT2D eigenvalue weighted by atomic mass is 16.3. The number of carbonyl (C=O) groups excluding carboxylic acids is 1. The molecule has 0 saturated heterocycles. The summed E-state index contributed by atoms with van der Waals surface area (Å²) >= 11 is 0. The van der Waals surface area contributed by atoms with Gasteiger partial charge in [0.15, 0.2) is 0 Å². The normalized spacial score (nSPS) is 12.5. The summed E-state index contributed by atoms with van der Waals surface area (Å²) in [4.78, 5) is 11.8. The van der Waals surface area contributed by atoms with Gasteiger partial charge in [0.1, 0.15) is 0 Å². The SMILES string of the molecule is CCc1ccc(CCC(=O)N[C@H](CO)C(C)C)cc1. The van der Waals surface area contributed by atoms with Gasteiger partial charge in [-0.2, -0.15) is 0 Å². The van der Waals surface area contributed by atoms with Crippen LogP contribution in [0.25, 0.3) is 0 Å². The number of carbonyl (C=O) groups is 1. The molecule has 0 aliphatic carbocycles. The predicted molar refractivity (Wildman–Crippen MR) is 78.0 cm³/mol. The van der Waals surface area contributed by atoms with Gasteiger partial charge in [0.25, 0.3) is 0 Å². The predicted octanol–water partition coefficient (Wildman–Crippen LogP) is 2.31. The standard InChI is InChI=1S/C16H25NO2/c1-4-13-5-7-14(8-6-13)9-10-16(19)17-15(11-18)12(2)3/h5-8,12,15,18H,4,9-11H2,1-3H3,(H,17,19)/t15-/m1/s1. The molecule has 0 radical (unpaired) electrons. The Bertz CT molecular complexity index is 384. The molecule has 0 unspecified atom stereocenters. The van der Waals surface area contributed by atoms with Crippen LogP contribution >= 0.6 is 0 Å². The van der Waals surface area contributed by atoms with Gasteiger partial charge in [0.05, 0.1) is 12.6 Å². The third kappa shape index (κ3) is 5.43. The lowest BCUT2D eigenvalue weighted by molar-refractivity contribution is -0.122. The first kappa shape index (κ1) is 15.7. The van der Waals surface area contributed by atoms with Crippen molar-refractivity contribution in [3.63, 3.8) is 0 Å². The number of aliphatic hydroxyl groups is 1. The number of amides is 1. The Kier molecular flexibility index (Phi) is 6.57. The van der Waals surface area contributed by atoms with Crippen LogP contribution in [0.3, 0.4) is 0 Å². The maximum Gasteiger partial charge on any atom is 0.220 e. The molecular weight excluding hydrogens is 238 g/mol. The summed E-state index contributed by atoms with van der Waals surface area (Å²) in [6, 6.07) is 8.24. The van der Waals surface area contributed by atoms with Crippen LogP contribution in [-0.2, 0) is 17.6 Å². The number of hydrogen-bond acceptors (Lipinski definition) is 2. The van der Waals surface area contributed by atoms with Crippen LogP contribution in [0.4, 0.5) is 0 Å². The van der Waals surface area contributed by atoms with E-state index >= 15 is 0 Å². The van der Waals surface area contributed by atoms with Crippen LogP contribution < -0.4 is 5.32 Å².